The minimum Gasteiger partial charge on any atom is -0.372 e. The van der Waals surface area contributed by atoms with E-state index in [1.54, 1.807) is 0 Å². The number of hydrogen-bond acceptors (Lipinski definition) is 2. The lowest BCUT2D eigenvalue weighted by Crippen LogP contribution is -2.19. The first-order chi connectivity index (χ1) is 3.95. The van der Waals surface area contributed by atoms with Crippen molar-refractivity contribution in [3.8, 4) is 0 Å². The Morgan fingerprint density at radius 1 is 1.56 bits per heavy atom. The van der Waals surface area contributed by atoms with Gasteiger partial charge in [0.25, 0.3) is 0 Å². The van der Waals surface area contributed by atoms with Crippen LogP contribution in [0, 0.1) is 0 Å². The number of esters is 1. The second kappa shape index (κ2) is 3.05. The molecule has 0 aliphatic heterocycles. The van der Waals surface area contributed by atoms with Gasteiger partial charge in [-0.1, -0.05) is 15.9 Å². The molecular formula is C3H2BrF3O2. The van der Waals surface area contributed by atoms with Gasteiger partial charge < -0.3 is 4.74 Å². The van der Waals surface area contributed by atoms with Crippen molar-refractivity contribution in [1.29, 1.82) is 0 Å². The van der Waals surface area contributed by atoms with Crippen LogP contribution in [0.25, 0.3) is 0 Å². The Morgan fingerprint density at radius 3 is 2.11 bits per heavy atom. The highest BCUT2D eigenvalue weighted by atomic mass is 79.9. The molecule has 0 fully saturated rings. The Kier molecular flexibility index (Phi) is 2.96. The van der Waals surface area contributed by atoms with E-state index in [-0.39, 0.29) is 0 Å². The van der Waals surface area contributed by atoms with E-state index in [0.717, 1.165) is 0 Å². The molecule has 0 saturated carbocycles. The van der Waals surface area contributed by atoms with Gasteiger partial charge in [-0.05, 0) is 0 Å². The normalized spacial score (nSPS) is 11.1. The Morgan fingerprint density at radius 2 is 2.00 bits per heavy atom. The van der Waals surface area contributed by atoms with Crippen molar-refractivity contribution in [3.63, 3.8) is 0 Å². The molecule has 0 N–H and O–H groups in total. The fourth-order valence-electron chi connectivity index (χ4n) is 0.156. The van der Waals surface area contributed by atoms with Crippen LogP contribution in [-0.4, -0.2) is 17.7 Å². The highest BCUT2D eigenvalue weighted by molar-refractivity contribution is 9.09. The monoisotopic (exact) mass is 206 g/mol. The summed E-state index contributed by atoms with van der Waals surface area (Å²) in [7, 11) is 0. The molecule has 0 unspecified atom stereocenters. The van der Waals surface area contributed by atoms with Crippen LogP contribution in [0.2, 0.25) is 0 Å². The van der Waals surface area contributed by atoms with Gasteiger partial charge in [0.2, 0.25) is 0 Å². The summed E-state index contributed by atoms with van der Waals surface area (Å²) >= 11 is 2.49. The van der Waals surface area contributed by atoms with Crippen LogP contribution in [0.1, 0.15) is 0 Å². The summed E-state index contributed by atoms with van der Waals surface area (Å²) in [5.41, 5.74) is 0. The summed E-state index contributed by atoms with van der Waals surface area (Å²) in [6.07, 6.45) is -4.86. The minimum absolute atomic E-state index is 0.452. The van der Waals surface area contributed by atoms with Crippen molar-refractivity contribution < 1.29 is 22.7 Å². The van der Waals surface area contributed by atoms with E-state index in [2.05, 4.69) is 20.7 Å². The first-order valence-corrected chi connectivity index (χ1v) is 2.92. The third kappa shape index (κ3) is 5.61. The van der Waals surface area contributed by atoms with E-state index in [1.807, 2.05) is 0 Å². The largest absolute Gasteiger partial charge is 0.575 e. The molecule has 0 atom stereocenters. The van der Waals surface area contributed by atoms with Gasteiger partial charge in [-0.2, -0.15) is 0 Å². The number of carbonyl (C=O) groups excluding carboxylic acids is 1. The van der Waals surface area contributed by atoms with Crippen LogP contribution in [0.5, 0.6) is 0 Å². The fraction of sp³-hybridized carbons (Fsp3) is 0.667. The number of alkyl halides is 4. The summed E-state index contributed by atoms with van der Waals surface area (Å²) in [5.74, 6) is -1.34. The second-order valence-electron chi connectivity index (χ2n) is 1.05. The molecule has 0 aliphatic rings. The number of hydrogen-bond donors (Lipinski definition) is 0. The average Bonchev–Trinajstić information content (AvgIpc) is 1.62. The van der Waals surface area contributed by atoms with Crippen molar-refractivity contribution in [1.82, 2.24) is 0 Å². The summed E-state index contributed by atoms with van der Waals surface area (Å²) in [6, 6.07) is 0. The molecule has 6 heteroatoms. The predicted octanol–water partition coefficient (Wildman–Crippen LogP) is 1.44. The van der Waals surface area contributed by atoms with Gasteiger partial charge in [-0.15, -0.1) is 13.2 Å². The molecule has 0 aliphatic carbocycles. The van der Waals surface area contributed by atoms with Crippen LogP contribution >= 0.6 is 15.9 Å². The van der Waals surface area contributed by atoms with Crippen LogP contribution in [0.3, 0.4) is 0 Å². The maximum atomic E-state index is 11.0. The lowest BCUT2D eigenvalue weighted by Gasteiger charge is -2.03. The predicted molar refractivity (Wildman–Crippen MR) is 25.9 cm³/mol. The summed E-state index contributed by atoms with van der Waals surface area (Å²) < 4.78 is 36.0. The zero-order chi connectivity index (χ0) is 7.49. The molecule has 9 heavy (non-hydrogen) atoms. The van der Waals surface area contributed by atoms with Crippen molar-refractivity contribution in [2.24, 2.45) is 0 Å². The maximum Gasteiger partial charge on any atom is 0.575 e. The van der Waals surface area contributed by atoms with E-state index in [1.165, 1.54) is 0 Å². The fourth-order valence-corrected chi connectivity index (χ4v) is 0.271. The lowest BCUT2D eigenvalue weighted by molar-refractivity contribution is -0.304. The Balaban J connectivity index is 3.60. The van der Waals surface area contributed by atoms with Gasteiger partial charge in [0.05, 0.1) is 0 Å². The topological polar surface area (TPSA) is 26.3 Å². The van der Waals surface area contributed by atoms with E-state index in [0.29, 0.717) is 0 Å². The number of rotatable bonds is 1. The minimum atomic E-state index is -4.86. The lowest BCUT2D eigenvalue weighted by atomic mass is 10.8. The molecule has 54 valence electrons. The third-order valence-corrected chi connectivity index (χ3v) is 0.797. The van der Waals surface area contributed by atoms with E-state index < -0.39 is 17.7 Å². The zero-order valence-electron chi connectivity index (χ0n) is 4.04. The summed E-state index contributed by atoms with van der Waals surface area (Å²) in [6.45, 7) is 0. The molecule has 2 nitrogen and oxygen atoms in total. The third-order valence-electron chi connectivity index (χ3n) is 0.339. The van der Waals surface area contributed by atoms with Crippen LogP contribution < -0.4 is 0 Å². The van der Waals surface area contributed by atoms with Gasteiger partial charge in [-0.3, -0.25) is 4.79 Å². The van der Waals surface area contributed by atoms with Crippen molar-refractivity contribution >= 4 is 21.9 Å². The second-order valence-corrected chi connectivity index (χ2v) is 1.61. The highest BCUT2D eigenvalue weighted by Crippen LogP contribution is 2.16. The maximum absolute atomic E-state index is 11.0. The molecule has 0 radical (unpaired) electrons. The molecular weight excluding hydrogens is 205 g/mol. The van der Waals surface area contributed by atoms with Crippen molar-refractivity contribution in [2.45, 2.75) is 6.36 Å². The molecule has 0 amide bonds. The number of carbonyl (C=O) groups is 1. The standard InChI is InChI=1S/C3H2BrF3O2/c4-1-2(8)9-3(5,6)7/h1H2. The average molecular weight is 207 g/mol. The quantitative estimate of drug-likeness (QED) is 0.480. The zero-order valence-corrected chi connectivity index (χ0v) is 5.62. The van der Waals surface area contributed by atoms with Crippen LogP contribution in [0.4, 0.5) is 13.2 Å². The summed E-state index contributed by atoms with van der Waals surface area (Å²) in [5, 5.41) is -0.452. The molecule has 0 saturated heterocycles. The van der Waals surface area contributed by atoms with Gasteiger partial charge >= 0.3 is 12.3 Å². The molecule has 0 rings (SSSR count). The van der Waals surface area contributed by atoms with E-state index in [4.69, 9.17) is 0 Å². The first-order valence-electron chi connectivity index (χ1n) is 1.80. The summed E-state index contributed by atoms with van der Waals surface area (Å²) in [4.78, 5) is 9.84. The number of ether oxygens (including phenoxy) is 1. The molecule has 0 aromatic heterocycles. The van der Waals surface area contributed by atoms with Gasteiger partial charge in [0.15, 0.2) is 0 Å². The first kappa shape index (κ1) is 8.74. The SMILES string of the molecule is O=C(CBr)OC(F)(F)F. The molecule has 0 heterocycles. The Bertz CT molecular complexity index is 110. The van der Waals surface area contributed by atoms with Gasteiger partial charge in [-0.25, -0.2) is 0 Å². The van der Waals surface area contributed by atoms with Gasteiger partial charge in [0, 0.05) is 0 Å². The van der Waals surface area contributed by atoms with Crippen LogP contribution in [0.15, 0.2) is 0 Å². The molecule has 0 aromatic carbocycles. The highest BCUT2D eigenvalue weighted by Gasteiger charge is 2.33. The van der Waals surface area contributed by atoms with E-state index >= 15 is 0 Å². The van der Waals surface area contributed by atoms with Crippen molar-refractivity contribution in [3.05, 3.63) is 0 Å². The van der Waals surface area contributed by atoms with E-state index in [9.17, 15) is 18.0 Å². The van der Waals surface area contributed by atoms with Crippen molar-refractivity contribution in [2.75, 3.05) is 5.33 Å². The molecule has 0 aromatic rings. The van der Waals surface area contributed by atoms with Gasteiger partial charge in [0.1, 0.15) is 5.33 Å². The molecule has 0 spiro atoms. The number of halogens is 4. The molecule has 0 bridgehead atoms. The Labute approximate surface area is 57.1 Å². The van der Waals surface area contributed by atoms with Crippen LogP contribution in [-0.2, 0) is 9.53 Å². The Hall–Kier alpha value is -0.260. The smallest absolute Gasteiger partial charge is 0.372 e.